The number of nitrogens with one attached hydrogen (secondary N) is 3. The van der Waals surface area contributed by atoms with E-state index in [1.807, 2.05) is 20.8 Å². The Morgan fingerprint density at radius 2 is 1.77 bits per heavy atom. The van der Waals surface area contributed by atoms with Crippen LogP contribution in [0.1, 0.15) is 91.2 Å². The molecule has 1 aromatic rings. The summed E-state index contributed by atoms with van der Waals surface area (Å²) >= 11 is 0. The SMILES string of the molecule is C=C[C@@H]1C[C@]1(NC(=O)[C@@H]1CC(OC(=O)N2Cc3cccc(F)c3C2)CN1C(=O)[C@H](CCC(=O)/C=C/C(C)(C)C)NC(=O)OC(C)(C)C)C(=O)NS(=O)(=O)C1CC1. The molecule has 0 aromatic heterocycles. The summed E-state index contributed by atoms with van der Waals surface area (Å²) in [6.45, 7) is 14.1. The number of alkyl carbamates (subject to hydrolysis) is 1. The van der Waals surface area contributed by atoms with E-state index in [0.29, 0.717) is 24.0 Å². The van der Waals surface area contributed by atoms with E-state index in [1.165, 1.54) is 29.2 Å². The number of likely N-dealkylation sites (tertiary alicyclic amines) is 1. The van der Waals surface area contributed by atoms with Gasteiger partial charge >= 0.3 is 12.2 Å². The van der Waals surface area contributed by atoms with Gasteiger partial charge in [-0.2, -0.15) is 0 Å². The van der Waals surface area contributed by atoms with Crippen LogP contribution in [-0.2, 0) is 51.8 Å². The summed E-state index contributed by atoms with van der Waals surface area (Å²) in [7, 11) is -3.97. The normalized spacial score (nSPS) is 23.9. The minimum atomic E-state index is -3.97. The molecule has 15 nitrogen and oxygen atoms in total. The average Bonchev–Trinajstić information content (AvgIpc) is 3.98. The van der Waals surface area contributed by atoms with Crippen LogP contribution in [-0.4, -0.2) is 95.0 Å². The highest BCUT2D eigenvalue weighted by Gasteiger charge is 2.62. The van der Waals surface area contributed by atoms with Crippen molar-refractivity contribution in [2.45, 2.75) is 128 Å². The van der Waals surface area contributed by atoms with Gasteiger partial charge in [0.15, 0.2) is 5.78 Å². The number of hydrogen-bond acceptors (Lipinski definition) is 10. The van der Waals surface area contributed by atoms with Crippen LogP contribution in [0.4, 0.5) is 14.0 Å². The first kappa shape index (κ1) is 42.3. The lowest BCUT2D eigenvalue weighted by atomic mass is 9.95. The van der Waals surface area contributed by atoms with Gasteiger partial charge in [-0.1, -0.05) is 45.1 Å². The minimum absolute atomic E-state index is 0.0481. The molecule has 17 heteroatoms. The number of fused-ring (bicyclic) bond motifs is 1. The molecule has 0 bridgehead atoms. The number of nitrogens with zero attached hydrogens (tertiary/aromatic N) is 2. The molecule has 2 saturated carbocycles. The summed E-state index contributed by atoms with van der Waals surface area (Å²) in [6, 6.07) is 1.77. The third kappa shape index (κ3) is 10.3. The van der Waals surface area contributed by atoms with Crippen molar-refractivity contribution in [3.8, 4) is 0 Å². The molecule has 0 spiro atoms. The Morgan fingerprint density at radius 1 is 1.07 bits per heavy atom. The summed E-state index contributed by atoms with van der Waals surface area (Å²) in [4.78, 5) is 83.8. The van der Waals surface area contributed by atoms with Crippen molar-refractivity contribution in [3.63, 3.8) is 0 Å². The fourth-order valence-electron chi connectivity index (χ4n) is 6.74. The smallest absolute Gasteiger partial charge is 0.410 e. The number of ketones is 1. The van der Waals surface area contributed by atoms with Crippen LogP contribution in [0.2, 0.25) is 0 Å². The lowest BCUT2D eigenvalue weighted by Gasteiger charge is -2.30. The van der Waals surface area contributed by atoms with Crippen LogP contribution in [0.15, 0.2) is 43.0 Å². The van der Waals surface area contributed by atoms with E-state index in [4.69, 9.17) is 9.47 Å². The van der Waals surface area contributed by atoms with E-state index in [2.05, 4.69) is 21.9 Å². The molecule has 5 atom stereocenters. The lowest BCUT2D eigenvalue weighted by Crippen LogP contribution is -2.58. The highest BCUT2D eigenvalue weighted by atomic mass is 32.2. The zero-order valence-corrected chi connectivity index (χ0v) is 33.5. The maximum Gasteiger partial charge on any atom is 0.410 e. The number of sulfonamides is 1. The van der Waals surface area contributed by atoms with Gasteiger partial charge in [0.1, 0.15) is 35.1 Å². The predicted octanol–water partition coefficient (Wildman–Crippen LogP) is 3.76. The third-order valence-corrected chi connectivity index (χ3v) is 11.8. The molecule has 5 amide bonds. The molecule has 3 fully saturated rings. The van der Waals surface area contributed by atoms with Crippen molar-refractivity contribution in [1.82, 2.24) is 25.2 Å². The molecular weight excluding hydrogens is 750 g/mol. The van der Waals surface area contributed by atoms with Gasteiger partial charge in [0.2, 0.25) is 21.8 Å². The van der Waals surface area contributed by atoms with Crippen molar-refractivity contribution in [2.24, 2.45) is 11.3 Å². The standard InChI is InChI=1S/C39H52FN5O10S/c1-8-24-19-39(24,34(49)43-56(52,53)27-13-14-27)42-32(47)31-18-26(54-36(51)44-20-23-10-9-11-29(40)28(23)22-44)21-45(31)33(48)30(41-35(50)55-38(5,6)7)15-12-25(46)16-17-37(2,3)4/h8-11,16-17,24,26-27,30-31H,1,12-15,18-22H2,2-7H3,(H,41,50)(H,42,47)(H,43,49)/b17-16+/t24-,26?,30+,31+,39-/m1/s1. The van der Waals surface area contributed by atoms with Crippen LogP contribution in [0.5, 0.6) is 0 Å². The monoisotopic (exact) mass is 801 g/mol. The second-order valence-electron chi connectivity index (χ2n) is 17.1. The molecule has 1 aromatic carbocycles. The first-order valence-electron chi connectivity index (χ1n) is 18.8. The highest BCUT2D eigenvalue weighted by molar-refractivity contribution is 7.91. The molecule has 0 radical (unpaired) electrons. The van der Waals surface area contributed by atoms with E-state index in [-0.39, 0.29) is 56.5 Å². The fraction of sp³-hybridized carbons (Fsp3) is 0.590. The molecule has 2 heterocycles. The summed E-state index contributed by atoms with van der Waals surface area (Å²) in [5.41, 5.74) is -1.95. The number of carbonyl (C=O) groups excluding carboxylic acids is 6. The molecule has 3 N–H and O–H groups in total. The number of benzene rings is 1. The molecular formula is C39H52FN5O10S. The van der Waals surface area contributed by atoms with Crippen molar-refractivity contribution < 1.29 is 51.0 Å². The Hall–Kier alpha value is -4.80. The van der Waals surface area contributed by atoms with Crippen LogP contribution in [0, 0.1) is 17.2 Å². The quantitative estimate of drug-likeness (QED) is 0.195. The van der Waals surface area contributed by atoms with Gasteiger partial charge < -0.3 is 25.0 Å². The number of allylic oxidation sites excluding steroid dienone is 2. The van der Waals surface area contributed by atoms with Gasteiger partial charge in [-0.15, -0.1) is 6.58 Å². The zero-order valence-electron chi connectivity index (χ0n) is 32.7. The second kappa shape index (κ2) is 16.0. The van der Waals surface area contributed by atoms with E-state index < -0.39 is 86.2 Å². The van der Waals surface area contributed by atoms with Gasteiger partial charge in [0.25, 0.3) is 5.91 Å². The number of rotatable bonds is 13. The average molecular weight is 802 g/mol. The molecule has 1 unspecified atom stereocenters. The summed E-state index contributed by atoms with van der Waals surface area (Å²) in [5, 5.41) is 4.50. The maximum atomic E-state index is 14.5. The molecule has 306 valence electrons. The summed E-state index contributed by atoms with van der Waals surface area (Å²) in [5.74, 6) is -3.96. The van der Waals surface area contributed by atoms with Gasteiger partial charge in [0, 0.05) is 30.9 Å². The van der Waals surface area contributed by atoms with Crippen LogP contribution < -0.4 is 15.4 Å². The topological polar surface area (TPSA) is 198 Å². The first-order chi connectivity index (χ1) is 26.0. The molecule has 2 aliphatic carbocycles. The maximum absolute atomic E-state index is 14.5. The Kier molecular flexibility index (Phi) is 12.1. The second-order valence-corrected chi connectivity index (χ2v) is 19.0. The third-order valence-electron chi connectivity index (χ3n) is 9.99. The van der Waals surface area contributed by atoms with Crippen LogP contribution >= 0.6 is 0 Å². The van der Waals surface area contributed by atoms with E-state index in [9.17, 15) is 41.6 Å². The van der Waals surface area contributed by atoms with Gasteiger partial charge in [-0.3, -0.25) is 28.8 Å². The van der Waals surface area contributed by atoms with Crippen molar-refractivity contribution in [1.29, 1.82) is 0 Å². The number of hydrogen-bond donors (Lipinski definition) is 3. The number of halogens is 1. The minimum Gasteiger partial charge on any atom is -0.444 e. The van der Waals surface area contributed by atoms with Crippen molar-refractivity contribution in [2.75, 3.05) is 6.54 Å². The number of ether oxygens (including phenoxy) is 2. The summed E-state index contributed by atoms with van der Waals surface area (Å²) in [6.07, 6.45) is 2.01. The summed E-state index contributed by atoms with van der Waals surface area (Å²) < 4.78 is 53.1. The largest absolute Gasteiger partial charge is 0.444 e. The van der Waals surface area contributed by atoms with Gasteiger partial charge in [-0.25, -0.2) is 22.4 Å². The van der Waals surface area contributed by atoms with Crippen LogP contribution in [0.3, 0.4) is 0 Å². The van der Waals surface area contributed by atoms with E-state index in [1.54, 1.807) is 32.9 Å². The van der Waals surface area contributed by atoms with Crippen LogP contribution in [0.25, 0.3) is 0 Å². The van der Waals surface area contributed by atoms with Crippen molar-refractivity contribution in [3.05, 3.63) is 60.0 Å². The zero-order chi connectivity index (χ0) is 41.4. The molecule has 5 rings (SSSR count). The molecule has 4 aliphatic rings. The molecule has 56 heavy (non-hydrogen) atoms. The Bertz CT molecular complexity index is 1920. The Balaban J connectivity index is 1.39. The van der Waals surface area contributed by atoms with E-state index in [0.717, 1.165) is 4.90 Å². The lowest BCUT2D eigenvalue weighted by molar-refractivity contribution is -0.141. The predicted molar refractivity (Wildman–Crippen MR) is 201 cm³/mol. The fourth-order valence-corrected chi connectivity index (χ4v) is 8.11. The molecule has 1 saturated heterocycles. The molecule has 2 aliphatic heterocycles. The Morgan fingerprint density at radius 3 is 2.36 bits per heavy atom. The highest BCUT2D eigenvalue weighted by Crippen LogP contribution is 2.45. The number of amides is 5. The van der Waals surface area contributed by atoms with Gasteiger partial charge in [-0.05, 0) is 69.6 Å². The van der Waals surface area contributed by atoms with E-state index >= 15 is 0 Å². The van der Waals surface area contributed by atoms with Crippen molar-refractivity contribution >= 4 is 45.7 Å². The number of carbonyl (C=O) groups is 6. The first-order valence-corrected chi connectivity index (χ1v) is 20.3. The van der Waals surface area contributed by atoms with Gasteiger partial charge in [0.05, 0.1) is 18.3 Å². The Labute approximate surface area is 326 Å².